The number of aromatic nitrogens is 2. The Bertz CT molecular complexity index is 880. The highest BCUT2D eigenvalue weighted by Crippen LogP contribution is 2.23. The third-order valence-electron chi connectivity index (χ3n) is 2.85. The number of non-ortho nitro benzene ring substituents is 1. The number of hydrazine groups is 1. The molecule has 3 rings (SSSR count). The molecule has 2 heterocycles. The third-order valence-corrected chi connectivity index (χ3v) is 3.77. The quantitative estimate of drug-likeness (QED) is 0.422. The summed E-state index contributed by atoms with van der Waals surface area (Å²) in [5.74, 6) is 4.66. The van der Waals surface area contributed by atoms with Gasteiger partial charge in [0.2, 0.25) is 0 Å². The fraction of sp³-hybridized carbons (Fsp3) is 0.0909. The van der Waals surface area contributed by atoms with Crippen LogP contribution in [0, 0.1) is 10.1 Å². The van der Waals surface area contributed by atoms with E-state index in [9.17, 15) is 14.9 Å². The van der Waals surface area contributed by atoms with E-state index in [0.29, 0.717) is 16.2 Å². The molecule has 108 valence electrons. The topological polar surface area (TPSA) is 129 Å². The fourth-order valence-electron chi connectivity index (χ4n) is 1.92. The Kier molecular flexibility index (Phi) is 3.16. The van der Waals surface area contributed by atoms with Gasteiger partial charge in [-0.2, -0.15) is 0 Å². The monoisotopic (exact) mass is 307 g/mol. The fourth-order valence-corrected chi connectivity index (χ4v) is 2.63. The van der Waals surface area contributed by atoms with Gasteiger partial charge < -0.3 is 4.42 Å². The summed E-state index contributed by atoms with van der Waals surface area (Å²) < 4.78 is 6.38. The van der Waals surface area contributed by atoms with Gasteiger partial charge in [-0.1, -0.05) is 11.3 Å². The Hall–Kier alpha value is -2.72. The van der Waals surface area contributed by atoms with E-state index in [2.05, 4.69) is 10.4 Å². The molecule has 2 aromatic heterocycles. The number of nitrogens with two attached hydrogens (primary N) is 1. The van der Waals surface area contributed by atoms with E-state index in [4.69, 9.17) is 10.3 Å². The average molecular weight is 307 g/mol. The second-order valence-corrected chi connectivity index (χ2v) is 5.25. The number of nitrogens with one attached hydrogen (secondary N) is 1. The lowest BCUT2D eigenvalue weighted by Crippen LogP contribution is -2.14. The van der Waals surface area contributed by atoms with E-state index < -0.39 is 10.7 Å². The number of hydrogen-bond acceptors (Lipinski definition) is 8. The number of thiazole rings is 1. The van der Waals surface area contributed by atoms with Crippen LogP contribution in [0.5, 0.6) is 0 Å². The van der Waals surface area contributed by atoms with Gasteiger partial charge in [-0.3, -0.25) is 20.1 Å². The molecule has 0 spiro atoms. The van der Waals surface area contributed by atoms with Crippen molar-refractivity contribution in [3.63, 3.8) is 0 Å². The van der Waals surface area contributed by atoms with Gasteiger partial charge in [0, 0.05) is 23.2 Å². The van der Waals surface area contributed by atoms with Gasteiger partial charge in [-0.05, 0) is 6.07 Å². The van der Waals surface area contributed by atoms with Crippen molar-refractivity contribution in [2.24, 2.45) is 5.84 Å². The summed E-state index contributed by atoms with van der Waals surface area (Å²) in [5.41, 5.74) is 2.97. The zero-order valence-corrected chi connectivity index (χ0v) is 11.3. The number of nitrogen functional groups attached to an aromatic ring is 1. The van der Waals surface area contributed by atoms with Crippen LogP contribution in [0.2, 0.25) is 0 Å². The summed E-state index contributed by atoms with van der Waals surface area (Å²) in [6.07, 6.45) is 1.57. The van der Waals surface area contributed by atoms with Crippen LogP contribution in [0.4, 0.5) is 10.8 Å². The molecule has 0 aliphatic carbocycles. The second kappa shape index (κ2) is 5.00. The lowest BCUT2D eigenvalue weighted by molar-refractivity contribution is -0.384. The van der Waals surface area contributed by atoms with Crippen LogP contribution in [0.3, 0.4) is 0 Å². The van der Waals surface area contributed by atoms with Crippen LogP contribution < -0.4 is 17.0 Å². The van der Waals surface area contributed by atoms with Crippen molar-refractivity contribution in [1.29, 1.82) is 0 Å². The first-order chi connectivity index (χ1) is 10.1. The van der Waals surface area contributed by atoms with Gasteiger partial charge in [-0.25, -0.2) is 15.6 Å². The second-order valence-electron chi connectivity index (χ2n) is 4.14. The molecule has 21 heavy (non-hydrogen) atoms. The van der Waals surface area contributed by atoms with Gasteiger partial charge in [-0.15, -0.1) is 0 Å². The predicted octanol–water partition coefficient (Wildman–Crippen LogP) is 1.29. The summed E-state index contributed by atoms with van der Waals surface area (Å²) in [7, 11) is 0. The lowest BCUT2D eigenvalue weighted by atomic mass is 10.3. The van der Waals surface area contributed by atoms with Gasteiger partial charge >= 0.3 is 5.76 Å². The molecule has 3 aromatic rings. The Morgan fingerprint density at radius 3 is 3.00 bits per heavy atom. The first kappa shape index (κ1) is 13.3. The minimum absolute atomic E-state index is 0.106. The zero-order valence-electron chi connectivity index (χ0n) is 10.5. The molecule has 3 N–H and O–H groups in total. The van der Waals surface area contributed by atoms with E-state index in [-0.39, 0.29) is 12.2 Å². The molecule has 0 atom stereocenters. The minimum atomic E-state index is -0.582. The first-order valence-corrected chi connectivity index (χ1v) is 6.59. The largest absolute Gasteiger partial charge is 0.420 e. The van der Waals surface area contributed by atoms with Crippen molar-refractivity contribution in [3.05, 3.63) is 49.9 Å². The minimum Gasteiger partial charge on any atom is -0.408 e. The average Bonchev–Trinajstić information content (AvgIpc) is 3.04. The van der Waals surface area contributed by atoms with E-state index in [0.717, 1.165) is 4.88 Å². The number of nitrogens with zero attached hydrogens (tertiary/aromatic N) is 3. The molecular formula is C11H9N5O4S. The Balaban J connectivity index is 2.08. The standard InChI is InChI=1S/C11H9N5O4S/c12-14-10-13-4-7(21-10)5-15-8-3-6(16(18)19)1-2-9(8)20-11(15)17/h1-4H,5,12H2,(H,13,14). The van der Waals surface area contributed by atoms with Crippen LogP contribution >= 0.6 is 11.3 Å². The van der Waals surface area contributed by atoms with Crippen molar-refractivity contribution in [2.75, 3.05) is 5.43 Å². The van der Waals surface area contributed by atoms with E-state index >= 15 is 0 Å². The molecular weight excluding hydrogens is 298 g/mol. The highest BCUT2D eigenvalue weighted by Gasteiger charge is 2.15. The molecule has 0 aliphatic rings. The van der Waals surface area contributed by atoms with Crippen molar-refractivity contribution < 1.29 is 9.34 Å². The van der Waals surface area contributed by atoms with Crippen molar-refractivity contribution in [3.8, 4) is 0 Å². The van der Waals surface area contributed by atoms with Crippen LogP contribution in [0.25, 0.3) is 11.1 Å². The van der Waals surface area contributed by atoms with Crippen molar-refractivity contribution >= 4 is 33.3 Å². The maximum atomic E-state index is 11.9. The summed E-state index contributed by atoms with van der Waals surface area (Å²) in [6.45, 7) is 0.201. The SMILES string of the molecule is NNc1ncc(Cn2c(=O)oc3ccc([N+](=O)[O-])cc32)s1. The van der Waals surface area contributed by atoms with Crippen LogP contribution in [0.15, 0.2) is 33.6 Å². The summed E-state index contributed by atoms with van der Waals surface area (Å²) in [4.78, 5) is 26.9. The number of fused-ring (bicyclic) bond motifs is 1. The number of nitro benzene ring substituents is 1. The summed E-state index contributed by atoms with van der Waals surface area (Å²) in [6, 6.07) is 4.01. The molecule has 0 saturated carbocycles. The molecule has 9 nitrogen and oxygen atoms in total. The number of oxazole rings is 1. The molecule has 1 aromatic carbocycles. The lowest BCUT2D eigenvalue weighted by Gasteiger charge is -1.99. The van der Waals surface area contributed by atoms with Crippen molar-refractivity contribution in [2.45, 2.75) is 6.54 Å². The van der Waals surface area contributed by atoms with Gasteiger partial charge in [0.1, 0.15) is 0 Å². The zero-order chi connectivity index (χ0) is 15.0. The number of nitro groups is 1. The smallest absolute Gasteiger partial charge is 0.408 e. The number of hydrogen-bond donors (Lipinski definition) is 2. The molecule has 0 aliphatic heterocycles. The Morgan fingerprint density at radius 1 is 1.52 bits per heavy atom. The molecule has 0 amide bonds. The molecule has 0 fully saturated rings. The molecule has 10 heteroatoms. The maximum Gasteiger partial charge on any atom is 0.420 e. The Morgan fingerprint density at radius 2 is 2.33 bits per heavy atom. The molecule has 0 radical (unpaired) electrons. The third kappa shape index (κ3) is 2.37. The number of anilines is 1. The number of benzene rings is 1. The van der Waals surface area contributed by atoms with Gasteiger partial charge in [0.25, 0.3) is 5.69 Å². The van der Waals surface area contributed by atoms with E-state index in [1.165, 1.54) is 34.1 Å². The molecule has 0 unspecified atom stereocenters. The molecule has 0 saturated heterocycles. The van der Waals surface area contributed by atoms with Crippen LogP contribution in [-0.4, -0.2) is 14.5 Å². The first-order valence-electron chi connectivity index (χ1n) is 5.77. The molecule has 0 bridgehead atoms. The highest BCUT2D eigenvalue weighted by atomic mass is 32.1. The Labute approximate surface area is 120 Å². The predicted molar refractivity (Wildman–Crippen MR) is 76.2 cm³/mol. The highest BCUT2D eigenvalue weighted by molar-refractivity contribution is 7.15. The summed E-state index contributed by atoms with van der Waals surface area (Å²) in [5, 5.41) is 11.3. The normalized spacial score (nSPS) is 10.9. The summed E-state index contributed by atoms with van der Waals surface area (Å²) >= 11 is 1.28. The van der Waals surface area contributed by atoms with Crippen LogP contribution in [-0.2, 0) is 6.54 Å². The van der Waals surface area contributed by atoms with Gasteiger partial charge in [0.05, 0.1) is 17.0 Å². The van der Waals surface area contributed by atoms with E-state index in [1.807, 2.05) is 0 Å². The number of rotatable bonds is 4. The van der Waals surface area contributed by atoms with Crippen LogP contribution in [0.1, 0.15) is 4.88 Å². The maximum absolute atomic E-state index is 11.9. The van der Waals surface area contributed by atoms with Crippen molar-refractivity contribution in [1.82, 2.24) is 9.55 Å². The van der Waals surface area contributed by atoms with E-state index in [1.54, 1.807) is 6.20 Å². The van der Waals surface area contributed by atoms with Gasteiger partial charge in [0.15, 0.2) is 10.7 Å².